The van der Waals surface area contributed by atoms with E-state index in [1.54, 1.807) is 27.7 Å². The molecule has 1 rings (SSSR count). The number of carbonyl (C=O) groups excluding carboxylic acids is 4. The van der Waals surface area contributed by atoms with E-state index < -0.39 is 52.4 Å². The summed E-state index contributed by atoms with van der Waals surface area (Å²) in [6, 6.07) is 3.65. The summed E-state index contributed by atoms with van der Waals surface area (Å²) in [5.41, 5.74) is 0.0500. The van der Waals surface area contributed by atoms with Crippen LogP contribution < -0.4 is 16.0 Å². The second kappa shape index (κ2) is 12.2. The highest BCUT2D eigenvalue weighted by Gasteiger charge is 2.28. The number of hydrogen-bond donors (Lipinski definition) is 3. The van der Waals surface area contributed by atoms with Crippen LogP contribution in [0.3, 0.4) is 0 Å². The van der Waals surface area contributed by atoms with E-state index >= 15 is 0 Å². The minimum Gasteiger partial charge on any atom is -0.454 e. The predicted octanol–water partition coefficient (Wildman–Crippen LogP) is 0.470. The third kappa shape index (κ3) is 7.31. The molecule has 0 heterocycles. The Bertz CT molecular complexity index is 943. The van der Waals surface area contributed by atoms with Crippen LogP contribution in [0.5, 0.6) is 0 Å². The summed E-state index contributed by atoms with van der Waals surface area (Å²) in [7, 11) is -2.44. The number of carbonyl (C=O) groups is 4. The average molecular weight is 471 g/mol. The molecule has 178 valence electrons. The fourth-order valence-corrected chi connectivity index (χ4v) is 4.19. The van der Waals surface area contributed by atoms with E-state index in [0.29, 0.717) is 0 Å². The Labute approximate surface area is 187 Å². The fourth-order valence-electron chi connectivity index (χ4n) is 2.68. The molecule has 4 amide bonds. The van der Waals surface area contributed by atoms with Crippen molar-refractivity contribution in [3.63, 3.8) is 0 Å². The molecular weight excluding hydrogens is 440 g/mol. The Hall–Kier alpha value is -2.99. The Kier molecular flexibility index (Phi) is 10.3. The van der Waals surface area contributed by atoms with Gasteiger partial charge in [0.25, 0.3) is 11.8 Å². The van der Waals surface area contributed by atoms with Crippen LogP contribution in [0.2, 0.25) is 0 Å². The summed E-state index contributed by atoms with van der Waals surface area (Å²) < 4.78 is 31.6. The number of amides is 4. The number of nitrogens with zero attached hydrogens (tertiary/aromatic N) is 1. The largest absolute Gasteiger partial charge is 0.454 e. The molecule has 0 aliphatic carbocycles. The van der Waals surface area contributed by atoms with Crippen molar-refractivity contribution in [2.45, 2.75) is 38.6 Å². The average Bonchev–Trinajstić information content (AvgIpc) is 2.76. The molecule has 0 bridgehead atoms. The maximum absolute atomic E-state index is 12.7. The Morgan fingerprint density at radius 1 is 1.09 bits per heavy atom. The first-order valence-corrected chi connectivity index (χ1v) is 11.5. The molecule has 1 aromatic rings. The van der Waals surface area contributed by atoms with Crippen LogP contribution in [0.15, 0.2) is 29.2 Å². The SMILES string of the molecule is CCN(CC)S(=O)(=O)c1cccc(C(=O)N[C@H](C(=O)OCC(=O)NC(=O)NC)C(C)C)c1. The van der Waals surface area contributed by atoms with Crippen LogP contribution in [-0.4, -0.2) is 69.3 Å². The monoisotopic (exact) mass is 470 g/mol. The van der Waals surface area contributed by atoms with Gasteiger partial charge in [-0.15, -0.1) is 0 Å². The lowest BCUT2D eigenvalue weighted by Gasteiger charge is -2.21. The van der Waals surface area contributed by atoms with Gasteiger partial charge in [-0.25, -0.2) is 18.0 Å². The van der Waals surface area contributed by atoms with Gasteiger partial charge in [-0.05, 0) is 24.1 Å². The van der Waals surface area contributed by atoms with Gasteiger partial charge < -0.3 is 15.4 Å². The van der Waals surface area contributed by atoms with Gasteiger partial charge in [-0.3, -0.25) is 14.9 Å². The fraction of sp³-hybridized carbons (Fsp3) is 0.500. The van der Waals surface area contributed by atoms with E-state index in [-0.39, 0.29) is 23.5 Å². The van der Waals surface area contributed by atoms with Crippen molar-refractivity contribution in [3.05, 3.63) is 29.8 Å². The van der Waals surface area contributed by atoms with Crippen LogP contribution in [0.4, 0.5) is 4.79 Å². The number of hydrogen-bond acceptors (Lipinski definition) is 7. The molecule has 0 aliphatic heterocycles. The number of sulfonamides is 1. The predicted molar refractivity (Wildman–Crippen MR) is 116 cm³/mol. The van der Waals surface area contributed by atoms with Crippen LogP contribution in [-0.2, 0) is 24.3 Å². The number of ether oxygens (including phenoxy) is 1. The molecule has 1 atom stereocenters. The molecule has 0 radical (unpaired) electrons. The maximum atomic E-state index is 12.7. The molecule has 0 spiro atoms. The number of imide groups is 1. The zero-order valence-corrected chi connectivity index (χ0v) is 19.6. The van der Waals surface area contributed by atoms with Gasteiger partial charge in [0, 0.05) is 25.7 Å². The molecule has 1 aromatic carbocycles. The van der Waals surface area contributed by atoms with Crippen molar-refractivity contribution < 1.29 is 32.3 Å². The van der Waals surface area contributed by atoms with Gasteiger partial charge in [0.15, 0.2) is 6.61 Å². The summed E-state index contributed by atoms with van der Waals surface area (Å²) >= 11 is 0. The van der Waals surface area contributed by atoms with Crippen LogP contribution in [0, 0.1) is 5.92 Å². The first-order valence-electron chi connectivity index (χ1n) is 10.1. The molecule has 0 saturated heterocycles. The zero-order chi connectivity index (χ0) is 24.5. The zero-order valence-electron chi connectivity index (χ0n) is 18.8. The van der Waals surface area contributed by atoms with Crippen molar-refractivity contribution >= 4 is 33.8 Å². The number of benzene rings is 1. The minimum absolute atomic E-state index is 0.0385. The first kappa shape index (κ1) is 27.0. The van der Waals surface area contributed by atoms with Crippen molar-refractivity contribution in [2.24, 2.45) is 5.92 Å². The second-order valence-electron chi connectivity index (χ2n) is 7.05. The molecule has 0 aromatic heterocycles. The summed E-state index contributed by atoms with van der Waals surface area (Å²) in [5.74, 6) is -2.77. The number of esters is 1. The molecule has 0 unspecified atom stereocenters. The summed E-state index contributed by atoms with van der Waals surface area (Å²) in [5, 5.41) is 6.64. The molecule has 0 fully saturated rings. The van der Waals surface area contributed by atoms with Crippen LogP contribution in [0.25, 0.3) is 0 Å². The summed E-state index contributed by atoms with van der Waals surface area (Å²) in [6.07, 6.45) is 0. The van der Waals surface area contributed by atoms with Gasteiger partial charge in [-0.2, -0.15) is 4.31 Å². The number of rotatable bonds is 10. The Morgan fingerprint density at radius 2 is 1.72 bits per heavy atom. The van der Waals surface area contributed by atoms with Crippen LogP contribution in [0.1, 0.15) is 38.1 Å². The van der Waals surface area contributed by atoms with E-state index in [2.05, 4.69) is 10.6 Å². The molecule has 0 saturated carbocycles. The van der Waals surface area contributed by atoms with E-state index in [1.807, 2.05) is 5.32 Å². The lowest BCUT2D eigenvalue weighted by Crippen LogP contribution is -2.46. The number of urea groups is 1. The second-order valence-corrected chi connectivity index (χ2v) is 8.99. The highest BCUT2D eigenvalue weighted by molar-refractivity contribution is 7.89. The molecule has 11 nitrogen and oxygen atoms in total. The van der Waals surface area contributed by atoms with Gasteiger partial charge in [0.05, 0.1) is 4.90 Å². The van der Waals surface area contributed by atoms with Gasteiger partial charge in [0.2, 0.25) is 10.0 Å². The first-order chi connectivity index (χ1) is 15.0. The van der Waals surface area contributed by atoms with Crippen molar-refractivity contribution in [2.75, 3.05) is 26.7 Å². The quantitative estimate of drug-likeness (QED) is 0.421. The van der Waals surface area contributed by atoms with E-state index in [9.17, 15) is 27.6 Å². The third-order valence-electron chi connectivity index (χ3n) is 4.47. The Balaban J connectivity index is 2.94. The smallest absolute Gasteiger partial charge is 0.329 e. The van der Waals surface area contributed by atoms with Gasteiger partial charge in [-0.1, -0.05) is 33.8 Å². The molecular formula is C20H30N4O7S. The molecule has 12 heteroatoms. The Morgan fingerprint density at radius 3 is 2.25 bits per heavy atom. The van der Waals surface area contributed by atoms with Gasteiger partial charge >= 0.3 is 12.0 Å². The van der Waals surface area contributed by atoms with E-state index in [0.717, 1.165) is 0 Å². The third-order valence-corrected chi connectivity index (χ3v) is 6.52. The van der Waals surface area contributed by atoms with E-state index in [1.165, 1.54) is 35.6 Å². The summed E-state index contributed by atoms with van der Waals surface area (Å²) in [4.78, 5) is 47.8. The lowest BCUT2D eigenvalue weighted by atomic mass is 10.0. The topological polar surface area (TPSA) is 151 Å². The van der Waals surface area contributed by atoms with Crippen LogP contribution >= 0.6 is 0 Å². The number of nitrogens with one attached hydrogen (secondary N) is 3. The maximum Gasteiger partial charge on any atom is 0.329 e. The minimum atomic E-state index is -3.76. The molecule has 3 N–H and O–H groups in total. The molecule has 32 heavy (non-hydrogen) atoms. The lowest BCUT2D eigenvalue weighted by molar-refractivity contribution is -0.151. The summed E-state index contributed by atoms with van der Waals surface area (Å²) in [6.45, 7) is 6.61. The highest BCUT2D eigenvalue weighted by Crippen LogP contribution is 2.17. The molecule has 0 aliphatic rings. The standard InChI is InChI=1S/C20H30N4O7S/c1-6-24(7-2)32(29,30)15-10-8-9-14(11-15)18(26)23-17(13(3)4)19(27)31-12-16(25)22-20(28)21-5/h8-11,13,17H,6-7,12H2,1-5H3,(H,23,26)(H2,21,22,25,28)/t17-/m0/s1. The normalized spacial score (nSPS) is 12.2. The van der Waals surface area contributed by atoms with E-state index in [4.69, 9.17) is 4.74 Å². The highest BCUT2D eigenvalue weighted by atomic mass is 32.2. The van der Waals surface area contributed by atoms with Crippen molar-refractivity contribution in [1.82, 2.24) is 20.3 Å². The van der Waals surface area contributed by atoms with Crippen molar-refractivity contribution in [1.29, 1.82) is 0 Å². The van der Waals surface area contributed by atoms with Gasteiger partial charge in [0.1, 0.15) is 6.04 Å². The van der Waals surface area contributed by atoms with Crippen molar-refractivity contribution in [3.8, 4) is 0 Å².